The summed E-state index contributed by atoms with van der Waals surface area (Å²) in [5.74, 6) is 0. The van der Waals surface area contributed by atoms with Crippen molar-refractivity contribution in [2.75, 3.05) is 26.4 Å². The van der Waals surface area contributed by atoms with Gasteiger partial charge in [0.2, 0.25) is 0 Å². The van der Waals surface area contributed by atoms with Crippen LogP contribution in [0.4, 0.5) is 0 Å². The lowest BCUT2D eigenvalue weighted by Crippen LogP contribution is -2.10. The Labute approximate surface area is 135 Å². The smallest absolute Gasteiger partial charge is 0.316 e. The largest absolute Gasteiger partial charge is 0.391 e. The standard InChI is InChI=1S/2C7H16O2.Mg.2H/c2*1-3-4-5-9-6-7(2)8;;;/h2*7-8H,3-6H2,1-2H3;;;. The zero-order chi connectivity index (χ0) is 14.2. The van der Waals surface area contributed by atoms with Gasteiger partial charge in [-0.1, -0.05) is 26.7 Å². The van der Waals surface area contributed by atoms with Gasteiger partial charge in [0, 0.05) is 13.2 Å². The predicted octanol–water partition coefficient (Wildman–Crippen LogP) is 1.45. The Morgan fingerprint density at radius 2 is 1.11 bits per heavy atom. The van der Waals surface area contributed by atoms with Crippen LogP contribution in [0.5, 0.6) is 0 Å². The Bertz CT molecular complexity index is 127. The van der Waals surface area contributed by atoms with Crippen LogP contribution in [0.2, 0.25) is 0 Å². The molecule has 0 aromatic carbocycles. The van der Waals surface area contributed by atoms with Gasteiger partial charge < -0.3 is 19.7 Å². The Kier molecular flexibility index (Phi) is 27.1. The van der Waals surface area contributed by atoms with E-state index in [0.29, 0.717) is 13.2 Å². The summed E-state index contributed by atoms with van der Waals surface area (Å²) in [5, 5.41) is 17.5. The van der Waals surface area contributed by atoms with Crippen molar-refractivity contribution in [2.45, 2.75) is 65.6 Å². The molecule has 116 valence electrons. The Morgan fingerprint density at radius 3 is 1.32 bits per heavy atom. The molecule has 0 radical (unpaired) electrons. The molecule has 0 saturated carbocycles. The van der Waals surface area contributed by atoms with Gasteiger partial charge >= 0.3 is 23.1 Å². The highest BCUT2D eigenvalue weighted by Crippen LogP contribution is 1.89. The van der Waals surface area contributed by atoms with Gasteiger partial charge in [-0.25, -0.2) is 0 Å². The molecular formula is C14H34MgO4. The third kappa shape index (κ3) is 32.3. The Hall–Kier alpha value is 0.606. The van der Waals surface area contributed by atoms with Crippen LogP contribution in [0.25, 0.3) is 0 Å². The van der Waals surface area contributed by atoms with E-state index in [1.54, 1.807) is 13.8 Å². The number of aliphatic hydroxyl groups is 2. The fourth-order valence-corrected chi connectivity index (χ4v) is 1.00. The third-order valence-electron chi connectivity index (χ3n) is 2.00. The molecule has 2 N–H and O–H groups in total. The van der Waals surface area contributed by atoms with Gasteiger partial charge in [0.1, 0.15) is 0 Å². The maximum absolute atomic E-state index is 8.73. The van der Waals surface area contributed by atoms with Crippen molar-refractivity contribution in [2.24, 2.45) is 0 Å². The van der Waals surface area contributed by atoms with Gasteiger partial charge in [0.05, 0.1) is 25.4 Å². The van der Waals surface area contributed by atoms with E-state index in [9.17, 15) is 0 Å². The molecule has 0 saturated heterocycles. The van der Waals surface area contributed by atoms with Crippen molar-refractivity contribution >= 4 is 23.1 Å². The number of rotatable bonds is 10. The van der Waals surface area contributed by atoms with Crippen LogP contribution in [-0.2, 0) is 9.47 Å². The van der Waals surface area contributed by atoms with E-state index in [4.69, 9.17) is 19.7 Å². The monoisotopic (exact) mass is 290 g/mol. The first-order valence-electron chi connectivity index (χ1n) is 7.06. The normalized spacial score (nSPS) is 12.9. The molecule has 0 aliphatic rings. The summed E-state index contributed by atoms with van der Waals surface area (Å²) in [6.07, 6.45) is 3.85. The lowest BCUT2D eigenvalue weighted by molar-refractivity contribution is 0.0450. The van der Waals surface area contributed by atoms with Crippen molar-refractivity contribution < 1.29 is 19.7 Å². The number of hydrogen-bond donors (Lipinski definition) is 2. The second-order valence-electron chi connectivity index (χ2n) is 4.55. The van der Waals surface area contributed by atoms with Crippen molar-refractivity contribution in [1.29, 1.82) is 0 Å². The SMILES string of the molecule is CCCCOCC(C)O.CCCCOCC(C)O.[MgH2]. The van der Waals surface area contributed by atoms with Crippen LogP contribution in [0, 0.1) is 0 Å². The topological polar surface area (TPSA) is 58.9 Å². The number of unbranched alkanes of at least 4 members (excludes halogenated alkanes) is 2. The van der Waals surface area contributed by atoms with E-state index in [2.05, 4.69) is 13.8 Å². The van der Waals surface area contributed by atoms with Gasteiger partial charge in [0.25, 0.3) is 0 Å². The average molecular weight is 291 g/mol. The number of ether oxygens (including phenoxy) is 2. The van der Waals surface area contributed by atoms with E-state index in [1.807, 2.05) is 0 Å². The molecule has 0 aromatic heterocycles. The van der Waals surface area contributed by atoms with Crippen LogP contribution in [0.3, 0.4) is 0 Å². The minimum absolute atomic E-state index is 0. The Balaban J connectivity index is -0.000000256. The molecule has 4 nitrogen and oxygen atoms in total. The fraction of sp³-hybridized carbons (Fsp3) is 1.00. The summed E-state index contributed by atoms with van der Waals surface area (Å²) in [5.41, 5.74) is 0. The summed E-state index contributed by atoms with van der Waals surface area (Å²) in [4.78, 5) is 0. The first kappa shape index (κ1) is 24.6. The summed E-state index contributed by atoms with van der Waals surface area (Å²) >= 11 is 0. The van der Waals surface area contributed by atoms with Crippen molar-refractivity contribution in [3.8, 4) is 0 Å². The minimum atomic E-state index is -0.318. The van der Waals surface area contributed by atoms with Gasteiger partial charge in [-0.15, -0.1) is 0 Å². The molecule has 0 aliphatic carbocycles. The zero-order valence-corrected chi connectivity index (χ0v) is 12.5. The van der Waals surface area contributed by atoms with Crippen LogP contribution in [-0.4, -0.2) is 71.9 Å². The highest BCUT2D eigenvalue weighted by atomic mass is 24.3. The van der Waals surface area contributed by atoms with Gasteiger partial charge in [-0.3, -0.25) is 0 Å². The Morgan fingerprint density at radius 1 is 0.789 bits per heavy atom. The van der Waals surface area contributed by atoms with Crippen molar-refractivity contribution in [3.63, 3.8) is 0 Å². The van der Waals surface area contributed by atoms with Crippen LogP contribution < -0.4 is 0 Å². The molecule has 0 aromatic rings. The summed E-state index contributed by atoms with van der Waals surface area (Å²) in [7, 11) is 0. The predicted molar refractivity (Wildman–Crippen MR) is 83.4 cm³/mol. The second kappa shape index (κ2) is 20.9. The molecule has 0 bridgehead atoms. The summed E-state index contributed by atoms with van der Waals surface area (Å²) in [6, 6.07) is 0. The molecule has 5 heteroatoms. The van der Waals surface area contributed by atoms with Crippen LogP contribution in [0.1, 0.15) is 53.4 Å². The quantitative estimate of drug-likeness (QED) is 0.472. The lowest BCUT2D eigenvalue weighted by Gasteiger charge is -2.03. The molecule has 2 unspecified atom stereocenters. The molecule has 0 heterocycles. The van der Waals surface area contributed by atoms with E-state index < -0.39 is 0 Å². The number of aliphatic hydroxyl groups excluding tert-OH is 2. The number of hydrogen-bond acceptors (Lipinski definition) is 4. The summed E-state index contributed by atoms with van der Waals surface area (Å²) in [6.45, 7) is 10.2. The maximum atomic E-state index is 8.73. The molecule has 0 aliphatic heterocycles. The maximum Gasteiger partial charge on any atom is 0.316 e. The van der Waals surface area contributed by atoms with E-state index in [-0.39, 0.29) is 35.3 Å². The molecule has 0 amide bonds. The molecule has 0 spiro atoms. The molecule has 19 heavy (non-hydrogen) atoms. The fourth-order valence-electron chi connectivity index (χ4n) is 1.00. The zero-order valence-electron chi connectivity index (χ0n) is 12.5. The van der Waals surface area contributed by atoms with E-state index in [0.717, 1.165) is 38.9 Å². The van der Waals surface area contributed by atoms with Crippen LogP contribution in [0.15, 0.2) is 0 Å². The first-order valence-corrected chi connectivity index (χ1v) is 7.06. The van der Waals surface area contributed by atoms with E-state index in [1.165, 1.54) is 0 Å². The van der Waals surface area contributed by atoms with Gasteiger partial charge in [-0.2, -0.15) is 0 Å². The first-order chi connectivity index (χ1) is 8.54. The summed E-state index contributed by atoms with van der Waals surface area (Å²) < 4.78 is 10.2. The average Bonchev–Trinajstić information content (AvgIpc) is 2.31. The highest BCUT2D eigenvalue weighted by Gasteiger charge is 1.93. The molecular weight excluding hydrogens is 256 g/mol. The van der Waals surface area contributed by atoms with Crippen molar-refractivity contribution in [1.82, 2.24) is 0 Å². The minimum Gasteiger partial charge on any atom is -0.391 e. The van der Waals surface area contributed by atoms with Gasteiger partial charge in [0.15, 0.2) is 0 Å². The molecule has 0 rings (SSSR count). The molecule has 0 fully saturated rings. The molecule has 2 atom stereocenters. The van der Waals surface area contributed by atoms with Crippen LogP contribution >= 0.6 is 0 Å². The second-order valence-corrected chi connectivity index (χ2v) is 4.55. The highest BCUT2D eigenvalue weighted by molar-refractivity contribution is 5.75. The van der Waals surface area contributed by atoms with E-state index >= 15 is 0 Å². The lowest BCUT2D eigenvalue weighted by atomic mass is 10.4. The van der Waals surface area contributed by atoms with Crippen molar-refractivity contribution in [3.05, 3.63) is 0 Å². The third-order valence-corrected chi connectivity index (χ3v) is 2.00. The van der Waals surface area contributed by atoms with Gasteiger partial charge in [-0.05, 0) is 26.7 Å².